The van der Waals surface area contributed by atoms with Gasteiger partial charge in [-0.05, 0) is 37.1 Å². The van der Waals surface area contributed by atoms with Gasteiger partial charge in [-0.1, -0.05) is 18.2 Å². The van der Waals surface area contributed by atoms with Crippen LogP contribution >= 0.6 is 0 Å². The summed E-state index contributed by atoms with van der Waals surface area (Å²) in [6.07, 6.45) is 1.62. The van der Waals surface area contributed by atoms with Crippen molar-refractivity contribution < 1.29 is 28.6 Å². The maximum absolute atomic E-state index is 12.7. The minimum absolute atomic E-state index is 0.0322. The first-order chi connectivity index (χ1) is 16.0. The molecule has 2 aromatic rings. The minimum Gasteiger partial charge on any atom is -0.496 e. The molecule has 0 spiro atoms. The molecule has 0 unspecified atom stereocenters. The van der Waals surface area contributed by atoms with Crippen LogP contribution in [-0.2, 0) is 16.0 Å². The molecular weight excluding hydrogens is 426 g/mol. The lowest BCUT2D eigenvalue weighted by atomic mass is 10.0. The molecule has 2 N–H and O–H groups in total. The summed E-state index contributed by atoms with van der Waals surface area (Å²) in [5.74, 6) is 1.23. The Balaban J connectivity index is 1.19. The van der Waals surface area contributed by atoms with Crippen LogP contribution in [0.4, 0.5) is 0 Å². The predicted octanol–water partition coefficient (Wildman–Crippen LogP) is 1.50. The molecule has 2 aromatic carbocycles. The molecule has 4 rings (SSSR count). The van der Waals surface area contributed by atoms with E-state index in [9.17, 15) is 14.4 Å². The smallest absolute Gasteiger partial charge is 0.251 e. The fourth-order valence-electron chi connectivity index (χ4n) is 3.98. The van der Waals surface area contributed by atoms with Gasteiger partial charge in [0.1, 0.15) is 5.75 Å². The Kier molecular flexibility index (Phi) is 6.97. The highest BCUT2D eigenvalue weighted by atomic mass is 16.7. The highest BCUT2D eigenvalue weighted by Gasteiger charge is 2.25. The van der Waals surface area contributed by atoms with E-state index in [2.05, 4.69) is 10.6 Å². The van der Waals surface area contributed by atoms with Crippen molar-refractivity contribution in [1.82, 2.24) is 15.5 Å². The van der Waals surface area contributed by atoms with Crippen LogP contribution in [0.3, 0.4) is 0 Å². The second-order valence-corrected chi connectivity index (χ2v) is 7.96. The average Bonchev–Trinajstić information content (AvgIpc) is 3.31. The zero-order valence-corrected chi connectivity index (χ0v) is 18.5. The summed E-state index contributed by atoms with van der Waals surface area (Å²) in [5.41, 5.74) is 1.26. The van der Waals surface area contributed by atoms with Gasteiger partial charge in [-0.2, -0.15) is 0 Å². The maximum Gasteiger partial charge on any atom is 0.251 e. The third-order valence-electron chi connectivity index (χ3n) is 5.79. The van der Waals surface area contributed by atoms with Crippen molar-refractivity contribution in [1.29, 1.82) is 0 Å². The number of piperidine rings is 1. The molecule has 9 heteroatoms. The van der Waals surface area contributed by atoms with Gasteiger partial charge < -0.3 is 29.7 Å². The van der Waals surface area contributed by atoms with Gasteiger partial charge in [0.15, 0.2) is 11.5 Å². The van der Waals surface area contributed by atoms with Gasteiger partial charge in [-0.25, -0.2) is 0 Å². The zero-order valence-electron chi connectivity index (χ0n) is 18.5. The van der Waals surface area contributed by atoms with Crippen LogP contribution in [-0.4, -0.2) is 62.2 Å². The molecule has 0 atom stereocenters. The summed E-state index contributed by atoms with van der Waals surface area (Å²) in [4.78, 5) is 39.1. The summed E-state index contributed by atoms with van der Waals surface area (Å²) in [7, 11) is 1.59. The summed E-state index contributed by atoms with van der Waals surface area (Å²) >= 11 is 0. The van der Waals surface area contributed by atoms with Crippen molar-refractivity contribution in [2.75, 3.05) is 33.5 Å². The van der Waals surface area contributed by atoms with E-state index in [4.69, 9.17) is 14.2 Å². The first-order valence-electron chi connectivity index (χ1n) is 10.9. The molecule has 0 saturated carbocycles. The van der Waals surface area contributed by atoms with E-state index in [1.807, 2.05) is 29.2 Å². The number of amides is 3. The Bertz CT molecular complexity index is 1030. The molecule has 0 radical (unpaired) electrons. The zero-order chi connectivity index (χ0) is 23.2. The van der Waals surface area contributed by atoms with Crippen LogP contribution in [0.5, 0.6) is 17.2 Å². The van der Waals surface area contributed by atoms with Crippen molar-refractivity contribution in [2.24, 2.45) is 0 Å². The third-order valence-corrected chi connectivity index (χ3v) is 5.79. The Hall–Kier alpha value is -3.75. The van der Waals surface area contributed by atoms with Crippen LogP contribution < -0.4 is 24.8 Å². The highest BCUT2D eigenvalue weighted by molar-refractivity contribution is 5.97. The molecule has 0 aromatic heterocycles. The fraction of sp³-hybridized carbons (Fsp3) is 0.375. The van der Waals surface area contributed by atoms with Crippen LogP contribution in [0.1, 0.15) is 28.8 Å². The molecule has 2 heterocycles. The second kappa shape index (κ2) is 10.2. The average molecular weight is 453 g/mol. The lowest BCUT2D eigenvalue weighted by molar-refractivity contribution is -0.131. The number of methoxy groups -OCH3 is 1. The normalized spacial score (nSPS) is 15.1. The predicted molar refractivity (Wildman–Crippen MR) is 119 cm³/mol. The number of fused-ring (bicyclic) bond motifs is 1. The lowest BCUT2D eigenvalue weighted by Gasteiger charge is -2.32. The minimum atomic E-state index is -0.361. The molecule has 33 heavy (non-hydrogen) atoms. The van der Waals surface area contributed by atoms with Crippen LogP contribution in [0, 0.1) is 0 Å². The molecule has 1 saturated heterocycles. The maximum atomic E-state index is 12.7. The van der Waals surface area contributed by atoms with Crippen molar-refractivity contribution in [3.63, 3.8) is 0 Å². The summed E-state index contributed by atoms with van der Waals surface area (Å²) in [6, 6.07) is 12.3. The Morgan fingerprint density at radius 2 is 1.82 bits per heavy atom. The van der Waals surface area contributed by atoms with Gasteiger partial charge in [0.25, 0.3) is 5.91 Å². The number of benzene rings is 2. The van der Waals surface area contributed by atoms with E-state index in [0.717, 1.165) is 5.56 Å². The van der Waals surface area contributed by atoms with E-state index in [1.165, 1.54) is 0 Å². The Labute approximate surface area is 192 Å². The lowest BCUT2D eigenvalue weighted by Crippen LogP contribution is -2.49. The van der Waals surface area contributed by atoms with E-state index >= 15 is 0 Å². The second-order valence-electron chi connectivity index (χ2n) is 7.96. The quantitative estimate of drug-likeness (QED) is 0.658. The molecule has 1 fully saturated rings. The third kappa shape index (κ3) is 5.54. The van der Waals surface area contributed by atoms with Crippen molar-refractivity contribution >= 4 is 17.7 Å². The van der Waals surface area contributed by atoms with Gasteiger partial charge in [0.05, 0.1) is 20.1 Å². The largest absolute Gasteiger partial charge is 0.496 e. The topological polar surface area (TPSA) is 106 Å². The number of nitrogens with zero attached hydrogens (tertiary/aromatic N) is 1. The van der Waals surface area contributed by atoms with Gasteiger partial charge in [0.2, 0.25) is 18.6 Å². The molecular formula is C24H27N3O6. The molecule has 0 bridgehead atoms. The van der Waals surface area contributed by atoms with Gasteiger partial charge in [-0.3, -0.25) is 14.4 Å². The number of hydrogen-bond donors (Lipinski definition) is 2. The van der Waals surface area contributed by atoms with Crippen LogP contribution in [0.25, 0.3) is 0 Å². The summed E-state index contributed by atoms with van der Waals surface area (Å²) in [6.45, 7) is 1.15. The first kappa shape index (κ1) is 22.4. The van der Waals surface area contributed by atoms with Crippen LogP contribution in [0.15, 0.2) is 42.5 Å². The Morgan fingerprint density at radius 1 is 1.06 bits per heavy atom. The number of rotatable bonds is 7. The van der Waals surface area contributed by atoms with E-state index in [1.54, 1.807) is 25.3 Å². The standard InChI is InChI=1S/C24H27N3O6/c1-31-19-5-3-2-4-16(19)13-23(29)27-10-8-18(9-11-27)26-22(28)14-25-24(30)17-6-7-20-21(12-17)33-15-32-20/h2-7,12,18H,8-11,13-15H2,1H3,(H,25,30)(H,26,28). The number of ether oxygens (including phenoxy) is 3. The van der Waals surface area contributed by atoms with E-state index in [0.29, 0.717) is 48.7 Å². The van der Waals surface area contributed by atoms with Gasteiger partial charge >= 0.3 is 0 Å². The number of likely N-dealkylation sites (tertiary alicyclic amines) is 1. The van der Waals surface area contributed by atoms with Crippen molar-refractivity contribution in [2.45, 2.75) is 25.3 Å². The number of nitrogens with one attached hydrogen (secondary N) is 2. The molecule has 0 aliphatic carbocycles. The molecule has 174 valence electrons. The number of carbonyl (C=O) groups excluding carboxylic acids is 3. The van der Waals surface area contributed by atoms with Gasteiger partial charge in [-0.15, -0.1) is 0 Å². The number of carbonyl (C=O) groups is 3. The van der Waals surface area contributed by atoms with Crippen molar-refractivity contribution in [3.8, 4) is 17.2 Å². The van der Waals surface area contributed by atoms with Crippen molar-refractivity contribution in [3.05, 3.63) is 53.6 Å². The molecule has 2 aliphatic heterocycles. The summed E-state index contributed by atoms with van der Waals surface area (Å²) in [5, 5.41) is 5.56. The SMILES string of the molecule is COc1ccccc1CC(=O)N1CCC(NC(=O)CNC(=O)c2ccc3c(c2)OCO3)CC1. The monoisotopic (exact) mass is 453 g/mol. The van der Waals surface area contributed by atoms with E-state index in [-0.39, 0.29) is 43.5 Å². The number of hydrogen-bond acceptors (Lipinski definition) is 6. The number of para-hydroxylation sites is 1. The Morgan fingerprint density at radius 3 is 2.61 bits per heavy atom. The molecule has 2 aliphatic rings. The first-order valence-corrected chi connectivity index (χ1v) is 10.9. The van der Waals surface area contributed by atoms with Crippen LogP contribution in [0.2, 0.25) is 0 Å². The highest BCUT2D eigenvalue weighted by Crippen LogP contribution is 2.32. The van der Waals surface area contributed by atoms with E-state index < -0.39 is 0 Å². The summed E-state index contributed by atoms with van der Waals surface area (Å²) < 4.78 is 15.8. The molecule has 9 nitrogen and oxygen atoms in total. The fourth-order valence-corrected chi connectivity index (χ4v) is 3.98. The molecule has 3 amide bonds. The van der Waals surface area contributed by atoms with Gasteiger partial charge in [0, 0.05) is 30.3 Å².